The Balaban J connectivity index is 1.97. The van der Waals surface area contributed by atoms with Crippen molar-refractivity contribution in [3.8, 4) is 11.5 Å². The fourth-order valence-electron chi connectivity index (χ4n) is 2.19. The molecule has 128 valence electrons. The summed E-state index contributed by atoms with van der Waals surface area (Å²) >= 11 is 7.72. The molecule has 4 nitrogen and oxygen atoms in total. The summed E-state index contributed by atoms with van der Waals surface area (Å²) in [5.74, 6) is 1.45. The largest absolute Gasteiger partial charge is 0.497 e. The molecule has 0 aliphatic rings. The first kappa shape index (κ1) is 18.5. The number of ether oxygens (including phenoxy) is 2. The molecule has 1 atom stereocenters. The molecule has 0 aliphatic heterocycles. The average Bonchev–Trinajstić information content (AvgIpc) is 2.60. The van der Waals surface area contributed by atoms with Crippen LogP contribution in [0.3, 0.4) is 0 Å². The second-order valence-corrected chi connectivity index (χ2v) is 6.83. The number of nitrogens with one attached hydrogen (secondary N) is 1. The zero-order valence-electron chi connectivity index (χ0n) is 13.8. The van der Waals surface area contributed by atoms with Crippen LogP contribution in [-0.4, -0.2) is 25.9 Å². The number of halogens is 1. The smallest absolute Gasteiger partial charge is 0.234 e. The van der Waals surface area contributed by atoms with E-state index in [1.54, 1.807) is 32.4 Å². The summed E-state index contributed by atoms with van der Waals surface area (Å²) in [6.07, 6.45) is 0. The maximum atomic E-state index is 12.2. The van der Waals surface area contributed by atoms with Gasteiger partial charge in [-0.05, 0) is 30.7 Å². The molecular formula is C18H20ClNO3S. The molecule has 1 N–H and O–H groups in total. The first-order valence-electron chi connectivity index (χ1n) is 7.43. The lowest BCUT2D eigenvalue weighted by molar-refractivity contribution is -0.113. The number of carbonyl (C=O) groups excluding carboxylic acids is 1. The summed E-state index contributed by atoms with van der Waals surface area (Å²) in [7, 11) is 3.14. The van der Waals surface area contributed by atoms with Gasteiger partial charge in [0.1, 0.15) is 11.5 Å². The van der Waals surface area contributed by atoms with Crippen LogP contribution in [0.4, 0.5) is 5.69 Å². The summed E-state index contributed by atoms with van der Waals surface area (Å²) in [4.78, 5) is 12.2. The van der Waals surface area contributed by atoms with Gasteiger partial charge in [0.05, 0.1) is 25.7 Å². The topological polar surface area (TPSA) is 47.6 Å². The molecule has 0 aromatic heterocycles. The molecule has 0 saturated carbocycles. The van der Waals surface area contributed by atoms with E-state index >= 15 is 0 Å². The van der Waals surface area contributed by atoms with Crippen LogP contribution >= 0.6 is 23.4 Å². The Hall–Kier alpha value is -1.85. The highest BCUT2D eigenvalue weighted by molar-refractivity contribution is 8.00. The Morgan fingerprint density at radius 1 is 1.21 bits per heavy atom. The Morgan fingerprint density at radius 3 is 2.62 bits per heavy atom. The van der Waals surface area contributed by atoms with E-state index in [0.29, 0.717) is 28.0 Å². The monoisotopic (exact) mass is 365 g/mol. The number of amides is 1. The molecule has 0 heterocycles. The maximum Gasteiger partial charge on any atom is 0.234 e. The molecule has 0 bridgehead atoms. The number of benzene rings is 2. The third-order valence-corrected chi connectivity index (χ3v) is 5.02. The lowest BCUT2D eigenvalue weighted by atomic mass is 10.2. The highest BCUT2D eigenvalue weighted by Crippen LogP contribution is 2.33. The van der Waals surface area contributed by atoms with Gasteiger partial charge in [0.25, 0.3) is 0 Å². The van der Waals surface area contributed by atoms with Gasteiger partial charge in [0.2, 0.25) is 5.91 Å². The fraction of sp³-hybridized carbons (Fsp3) is 0.278. The predicted molar refractivity (Wildman–Crippen MR) is 101 cm³/mol. The molecule has 2 aromatic rings. The minimum absolute atomic E-state index is 0.106. The number of hydrogen-bond donors (Lipinski definition) is 1. The summed E-state index contributed by atoms with van der Waals surface area (Å²) in [5, 5.41) is 3.70. The molecule has 0 aliphatic carbocycles. The van der Waals surface area contributed by atoms with Crippen molar-refractivity contribution in [3.63, 3.8) is 0 Å². The number of anilines is 1. The standard InChI is InChI=1S/C18H20ClNO3S/c1-12(14-6-4-5-7-15(14)19)24-11-18(21)20-16-10-13(22-2)8-9-17(16)23-3/h4-10,12H,11H2,1-3H3,(H,20,21)/t12-/m0/s1. The van der Waals surface area contributed by atoms with E-state index in [4.69, 9.17) is 21.1 Å². The van der Waals surface area contributed by atoms with E-state index in [9.17, 15) is 4.79 Å². The Labute approximate surface area is 151 Å². The van der Waals surface area contributed by atoms with E-state index in [1.165, 1.54) is 11.8 Å². The molecule has 0 spiro atoms. The lowest BCUT2D eigenvalue weighted by Crippen LogP contribution is -2.15. The molecule has 2 rings (SSSR count). The van der Waals surface area contributed by atoms with Crippen LogP contribution in [0.5, 0.6) is 11.5 Å². The van der Waals surface area contributed by atoms with Crippen LogP contribution in [0.15, 0.2) is 42.5 Å². The SMILES string of the molecule is COc1ccc(OC)c(NC(=O)CS[C@@H](C)c2ccccc2Cl)c1. The van der Waals surface area contributed by atoms with Crippen molar-refractivity contribution < 1.29 is 14.3 Å². The van der Waals surface area contributed by atoms with Gasteiger partial charge in [0.15, 0.2) is 0 Å². The van der Waals surface area contributed by atoms with Gasteiger partial charge in [-0.15, -0.1) is 11.8 Å². The van der Waals surface area contributed by atoms with Crippen molar-refractivity contribution >= 4 is 35.0 Å². The first-order valence-corrected chi connectivity index (χ1v) is 8.85. The van der Waals surface area contributed by atoms with Crippen molar-refractivity contribution in [3.05, 3.63) is 53.1 Å². The van der Waals surface area contributed by atoms with Gasteiger partial charge < -0.3 is 14.8 Å². The zero-order chi connectivity index (χ0) is 17.5. The minimum atomic E-state index is -0.106. The average molecular weight is 366 g/mol. The van der Waals surface area contributed by atoms with Crippen LogP contribution in [0.2, 0.25) is 5.02 Å². The summed E-state index contributed by atoms with van der Waals surface area (Å²) in [6.45, 7) is 2.03. The number of carbonyl (C=O) groups is 1. The van der Waals surface area contributed by atoms with Crippen LogP contribution in [0.1, 0.15) is 17.7 Å². The molecule has 0 radical (unpaired) electrons. The van der Waals surface area contributed by atoms with E-state index in [-0.39, 0.29) is 11.2 Å². The molecule has 0 unspecified atom stereocenters. The van der Waals surface area contributed by atoms with E-state index < -0.39 is 0 Å². The Kier molecular flexibility index (Phi) is 6.82. The molecular weight excluding hydrogens is 346 g/mol. The Morgan fingerprint density at radius 2 is 1.96 bits per heavy atom. The lowest BCUT2D eigenvalue weighted by Gasteiger charge is -2.14. The third-order valence-electron chi connectivity index (χ3n) is 3.49. The van der Waals surface area contributed by atoms with Gasteiger partial charge in [-0.25, -0.2) is 0 Å². The van der Waals surface area contributed by atoms with E-state index in [1.807, 2.05) is 31.2 Å². The molecule has 24 heavy (non-hydrogen) atoms. The molecule has 1 amide bonds. The van der Waals surface area contributed by atoms with Gasteiger partial charge in [-0.2, -0.15) is 0 Å². The molecule has 0 fully saturated rings. The zero-order valence-corrected chi connectivity index (χ0v) is 15.4. The quantitative estimate of drug-likeness (QED) is 0.766. The van der Waals surface area contributed by atoms with Crippen molar-refractivity contribution in [1.29, 1.82) is 0 Å². The second-order valence-electron chi connectivity index (χ2n) is 5.09. The van der Waals surface area contributed by atoms with Crippen molar-refractivity contribution in [2.45, 2.75) is 12.2 Å². The molecule has 2 aromatic carbocycles. The molecule has 6 heteroatoms. The van der Waals surface area contributed by atoms with Crippen LogP contribution < -0.4 is 14.8 Å². The van der Waals surface area contributed by atoms with Gasteiger partial charge in [0, 0.05) is 16.3 Å². The number of rotatable bonds is 7. The second kappa shape index (κ2) is 8.85. The van der Waals surface area contributed by atoms with E-state index in [0.717, 1.165) is 5.56 Å². The first-order chi connectivity index (χ1) is 11.5. The highest BCUT2D eigenvalue weighted by atomic mass is 35.5. The number of methoxy groups -OCH3 is 2. The maximum absolute atomic E-state index is 12.2. The van der Waals surface area contributed by atoms with Gasteiger partial charge in [-0.1, -0.05) is 29.8 Å². The van der Waals surface area contributed by atoms with Crippen molar-refractivity contribution in [2.24, 2.45) is 0 Å². The summed E-state index contributed by atoms with van der Waals surface area (Å²) in [5.41, 5.74) is 1.61. The summed E-state index contributed by atoms with van der Waals surface area (Å²) < 4.78 is 10.4. The van der Waals surface area contributed by atoms with Crippen LogP contribution in [0, 0.1) is 0 Å². The van der Waals surface area contributed by atoms with Crippen molar-refractivity contribution in [1.82, 2.24) is 0 Å². The van der Waals surface area contributed by atoms with Crippen LogP contribution in [0.25, 0.3) is 0 Å². The van der Waals surface area contributed by atoms with E-state index in [2.05, 4.69) is 5.32 Å². The van der Waals surface area contributed by atoms with Gasteiger partial charge in [-0.3, -0.25) is 4.79 Å². The van der Waals surface area contributed by atoms with Crippen molar-refractivity contribution in [2.75, 3.05) is 25.3 Å². The number of thioether (sulfide) groups is 1. The molecule has 0 saturated heterocycles. The van der Waals surface area contributed by atoms with Crippen LogP contribution in [-0.2, 0) is 4.79 Å². The number of hydrogen-bond acceptors (Lipinski definition) is 4. The third kappa shape index (κ3) is 4.82. The van der Waals surface area contributed by atoms with Gasteiger partial charge >= 0.3 is 0 Å². The Bertz CT molecular complexity index is 708. The summed E-state index contributed by atoms with van der Waals surface area (Å²) in [6, 6.07) is 12.9. The normalized spacial score (nSPS) is 11.7. The fourth-order valence-corrected chi connectivity index (χ4v) is 3.42. The minimum Gasteiger partial charge on any atom is -0.497 e. The predicted octanol–water partition coefficient (Wildman–Crippen LogP) is 4.79. The highest BCUT2D eigenvalue weighted by Gasteiger charge is 2.14.